The van der Waals surface area contributed by atoms with E-state index in [1.165, 1.54) is 17.1 Å². The molecule has 0 bridgehead atoms. The SMILES string of the molecule is Cn1nnc(NC(=O)c2ccc(C(N)=S)cn2)n1. The molecule has 2 aromatic heterocycles. The number of nitrogens with zero attached hydrogens (tertiary/aromatic N) is 5. The molecule has 3 N–H and O–H groups in total. The van der Waals surface area contributed by atoms with Crippen LogP contribution in [0.3, 0.4) is 0 Å². The molecule has 0 saturated heterocycles. The van der Waals surface area contributed by atoms with Gasteiger partial charge in [-0.2, -0.15) is 4.80 Å². The Labute approximate surface area is 107 Å². The highest BCUT2D eigenvalue weighted by Crippen LogP contribution is 2.03. The molecule has 8 nitrogen and oxygen atoms in total. The molecule has 92 valence electrons. The van der Waals surface area contributed by atoms with Crippen LogP contribution in [0.5, 0.6) is 0 Å². The molecule has 0 aromatic carbocycles. The maximum Gasteiger partial charge on any atom is 0.276 e. The van der Waals surface area contributed by atoms with Gasteiger partial charge in [0.15, 0.2) is 0 Å². The summed E-state index contributed by atoms with van der Waals surface area (Å²) in [7, 11) is 1.60. The van der Waals surface area contributed by atoms with Gasteiger partial charge in [-0.25, -0.2) is 0 Å². The quantitative estimate of drug-likeness (QED) is 0.717. The second-order valence-corrected chi connectivity index (χ2v) is 3.79. The fourth-order valence-corrected chi connectivity index (χ4v) is 1.29. The van der Waals surface area contributed by atoms with E-state index in [0.29, 0.717) is 5.56 Å². The third kappa shape index (κ3) is 2.63. The van der Waals surface area contributed by atoms with Gasteiger partial charge in [0.1, 0.15) is 10.7 Å². The number of hydrogen-bond acceptors (Lipinski definition) is 6. The van der Waals surface area contributed by atoms with Crippen molar-refractivity contribution in [3.63, 3.8) is 0 Å². The zero-order valence-corrected chi connectivity index (χ0v) is 10.2. The summed E-state index contributed by atoms with van der Waals surface area (Å²) < 4.78 is 0. The first-order valence-electron chi connectivity index (χ1n) is 4.87. The van der Waals surface area contributed by atoms with E-state index in [0.717, 1.165) is 0 Å². The molecule has 0 saturated carbocycles. The van der Waals surface area contributed by atoms with Crippen molar-refractivity contribution in [1.82, 2.24) is 25.2 Å². The molecular weight excluding hydrogens is 254 g/mol. The fraction of sp³-hybridized carbons (Fsp3) is 0.111. The molecule has 1 amide bonds. The summed E-state index contributed by atoms with van der Waals surface area (Å²) >= 11 is 4.78. The Morgan fingerprint density at radius 1 is 1.50 bits per heavy atom. The van der Waals surface area contributed by atoms with E-state index in [1.54, 1.807) is 13.1 Å². The summed E-state index contributed by atoms with van der Waals surface area (Å²) in [6.45, 7) is 0. The van der Waals surface area contributed by atoms with Crippen LogP contribution in [0, 0.1) is 0 Å². The largest absolute Gasteiger partial charge is 0.389 e. The molecular formula is C9H9N7OS. The third-order valence-electron chi connectivity index (χ3n) is 2.01. The van der Waals surface area contributed by atoms with E-state index >= 15 is 0 Å². The zero-order chi connectivity index (χ0) is 13.1. The Morgan fingerprint density at radius 2 is 2.28 bits per heavy atom. The summed E-state index contributed by atoms with van der Waals surface area (Å²) in [5.41, 5.74) is 6.23. The maximum absolute atomic E-state index is 11.7. The van der Waals surface area contributed by atoms with Gasteiger partial charge in [-0.15, -0.1) is 5.10 Å². The van der Waals surface area contributed by atoms with Crippen LogP contribution >= 0.6 is 12.2 Å². The van der Waals surface area contributed by atoms with Crippen LogP contribution < -0.4 is 11.1 Å². The minimum Gasteiger partial charge on any atom is -0.389 e. The first kappa shape index (κ1) is 12.0. The summed E-state index contributed by atoms with van der Waals surface area (Å²) in [6.07, 6.45) is 1.43. The Hall–Kier alpha value is -2.42. The number of nitrogens with one attached hydrogen (secondary N) is 1. The van der Waals surface area contributed by atoms with Crippen molar-refractivity contribution < 1.29 is 4.79 Å². The van der Waals surface area contributed by atoms with E-state index in [9.17, 15) is 4.79 Å². The zero-order valence-electron chi connectivity index (χ0n) is 9.36. The number of hydrogen-bond donors (Lipinski definition) is 2. The van der Waals surface area contributed by atoms with Crippen molar-refractivity contribution >= 4 is 29.1 Å². The van der Waals surface area contributed by atoms with E-state index in [-0.39, 0.29) is 16.6 Å². The normalized spacial score (nSPS) is 10.1. The van der Waals surface area contributed by atoms with Crippen LogP contribution in [-0.2, 0) is 7.05 Å². The molecule has 2 heterocycles. The van der Waals surface area contributed by atoms with E-state index < -0.39 is 5.91 Å². The molecule has 18 heavy (non-hydrogen) atoms. The van der Waals surface area contributed by atoms with Gasteiger partial charge in [-0.3, -0.25) is 15.1 Å². The van der Waals surface area contributed by atoms with Crippen LogP contribution in [0.15, 0.2) is 18.3 Å². The van der Waals surface area contributed by atoms with E-state index in [1.807, 2.05) is 0 Å². The molecule has 0 aliphatic rings. The molecule has 0 atom stereocenters. The Morgan fingerprint density at radius 3 is 2.78 bits per heavy atom. The minimum absolute atomic E-state index is 0.114. The lowest BCUT2D eigenvalue weighted by Crippen LogP contribution is -2.16. The summed E-state index contributed by atoms with van der Waals surface area (Å²) in [5.74, 6) is -0.319. The molecule has 0 unspecified atom stereocenters. The average Bonchev–Trinajstić information content (AvgIpc) is 2.75. The van der Waals surface area contributed by atoms with Crippen molar-refractivity contribution in [3.8, 4) is 0 Å². The molecule has 0 aliphatic carbocycles. The number of pyridine rings is 1. The number of carbonyl (C=O) groups is 1. The number of anilines is 1. The van der Waals surface area contributed by atoms with Gasteiger partial charge < -0.3 is 5.73 Å². The number of rotatable bonds is 3. The first-order chi connectivity index (χ1) is 8.56. The summed E-state index contributed by atoms with van der Waals surface area (Å²) in [6, 6.07) is 3.13. The van der Waals surface area contributed by atoms with Crippen LogP contribution in [0.25, 0.3) is 0 Å². The van der Waals surface area contributed by atoms with E-state index in [2.05, 4.69) is 25.7 Å². The highest BCUT2D eigenvalue weighted by Gasteiger charge is 2.10. The van der Waals surface area contributed by atoms with Gasteiger partial charge in [-0.05, 0) is 17.3 Å². The number of amides is 1. The molecule has 0 fully saturated rings. The smallest absolute Gasteiger partial charge is 0.276 e. The van der Waals surface area contributed by atoms with Crippen molar-refractivity contribution in [2.75, 3.05) is 5.32 Å². The third-order valence-corrected chi connectivity index (χ3v) is 2.25. The highest BCUT2D eigenvalue weighted by molar-refractivity contribution is 7.80. The molecule has 0 aliphatic heterocycles. The van der Waals surface area contributed by atoms with Crippen molar-refractivity contribution in [3.05, 3.63) is 29.6 Å². The highest BCUT2D eigenvalue weighted by atomic mass is 32.1. The van der Waals surface area contributed by atoms with E-state index in [4.69, 9.17) is 18.0 Å². The lowest BCUT2D eigenvalue weighted by molar-refractivity contribution is 0.102. The number of nitrogens with two attached hydrogens (primary N) is 1. The first-order valence-corrected chi connectivity index (χ1v) is 5.28. The molecule has 2 rings (SSSR count). The van der Waals surface area contributed by atoms with Crippen molar-refractivity contribution in [2.45, 2.75) is 0 Å². The second-order valence-electron chi connectivity index (χ2n) is 3.35. The van der Waals surface area contributed by atoms with Crippen LogP contribution in [-0.4, -0.2) is 36.1 Å². The van der Waals surface area contributed by atoms with Crippen LogP contribution in [0.2, 0.25) is 0 Å². The summed E-state index contributed by atoms with van der Waals surface area (Å²) in [5, 5.41) is 13.5. The monoisotopic (exact) mass is 263 g/mol. The Kier molecular flexibility index (Phi) is 3.24. The number of thiocarbonyl (C=S) groups is 1. The lowest BCUT2D eigenvalue weighted by atomic mass is 10.2. The predicted molar refractivity (Wildman–Crippen MR) is 66.9 cm³/mol. The fourth-order valence-electron chi connectivity index (χ4n) is 1.17. The second kappa shape index (κ2) is 4.84. The molecule has 0 spiro atoms. The lowest BCUT2D eigenvalue weighted by Gasteiger charge is -2.01. The summed E-state index contributed by atoms with van der Waals surface area (Å²) in [4.78, 5) is 17.2. The van der Waals surface area contributed by atoms with Gasteiger partial charge in [-0.1, -0.05) is 17.3 Å². The van der Waals surface area contributed by atoms with Gasteiger partial charge in [0.05, 0.1) is 7.05 Å². The Balaban J connectivity index is 2.11. The van der Waals surface area contributed by atoms with Crippen LogP contribution in [0.4, 0.5) is 5.95 Å². The standard InChI is InChI=1S/C9H9N7OS/c1-16-14-9(13-15-16)12-8(17)6-3-2-5(4-11-6)7(10)18/h2-4H,1H3,(H2,10,18)(H,12,14,17). The molecule has 0 radical (unpaired) electrons. The van der Waals surface area contributed by atoms with Gasteiger partial charge >= 0.3 is 0 Å². The Bertz CT molecular complexity index is 591. The maximum atomic E-state index is 11.7. The van der Waals surface area contributed by atoms with Gasteiger partial charge in [0, 0.05) is 11.8 Å². The minimum atomic E-state index is -0.433. The molecule has 2 aromatic rings. The van der Waals surface area contributed by atoms with Crippen molar-refractivity contribution in [2.24, 2.45) is 12.8 Å². The van der Waals surface area contributed by atoms with Gasteiger partial charge in [0.2, 0.25) is 0 Å². The number of aryl methyl sites for hydroxylation is 1. The van der Waals surface area contributed by atoms with Crippen molar-refractivity contribution in [1.29, 1.82) is 0 Å². The topological polar surface area (TPSA) is 112 Å². The van der Waals surface area contributed by atoms with Crippen LogP contribution in [0.1, 0.15) is 16.1 Å². The number of aromatic nitrogens is 5. The van der Waals surface area contributed by atoms with Gasteiger partial charge in [0.25, 0.3) is 11.9 Å². The predicted octanol–water partition coefficient (Wildman–Crippen LogP) is -0.508. The number of carbonyl (C=O) groups excluding carboxylic acids is 1. The molecule has 9 heteroatoms. The average molecular weight is 263 g/mol. The number of tetrazole rings is 1.